The van der Waals surface area contributed by atoms with Crippen molar-refractivity contribution in [2.75, 3.05) is 19.5 Å². The van der Waals surface area contributed by atoms with Crippen LogP contribution in [0.15, 0.2) is 51.8 Å². The highest BCUT2D eigenvalue weighted by Crippen LogP contribution is 2.28. The van der Waals surface area contributed by atoms with Crippen molar-refractivity contribution in [3.05, 3.63) is 46.9 Å². The molecule has 0 bridgehead atoms. The van der Waals surface area contributed by atoms with E-state index in [9.17, 15) is 4.79 Å². The van der Waals surface area contributed by atoms with Crippen molar-refractivity contribution < 1.29 is 14.3 Å². The number of benzene rings is 2. The van der Waals surface area contributed by atoms with Crippen LogP contribution in [0.5, 0.6) is 11.5 Å². The van der Waals surface area contributed by atoms with E-state index < -0.39 is 0 Å². The minimum Gasteiger partial charge on any atom is -0.497 e. The molecule has 0 fully saturated rings. The Balaban J connectivity index is 2.04. The van der Waals surface area contributed by atoms with E-state index in [0.717, 1.165) is 9.37 Å². The fourth-order valence-electron chi connectivity index (χ4n) is 1.89. The fourth-order valence-corrected chi connectivity index (χ4v) is 3.03. The Hall–Kier alpha value is -1.66. The van der Waals surface area contributed by atoms with E-state index in [4.69, 9.17) is 9.47 Å². The second kappa shape index (κ2) is 8.26. The number of amides is 1. The molecule has 0 aliphatic rings. The van der Waals surface area contributed by atoms with Gasteiger partial charge in [0.1, 0.15) is 11.5 Å². The second-order valence-electron chi connectivity index (χ2n) is 4.80. The van der Waals surface area contributed by atoms with Gasteiger partial charge in [-0.05, 0) is 31.2 Å². The lowest BCUT2D eigenvalue weighted by atomic mass is 10.2. The van der Waals surface area contributed by atoms with Crippen LogP contribution < -0.4 is 14.8 Å². The Morgan fingerprint density at radius 3 is 2.17 bits per heavy atom. The predicted octanol–water partition coefficient (Wildman–Crippen LogP) is 4.59. The monoisotopic (exact) mass is 395 g/mol. The van der Waals surface area contributed by atoms with Gasteiger partial charge >= 0.3 is 0 Å². The summed E-state index contributed by atoms with van der Waals surface area (Å²) in [7, 11) is 3.15. The lowest BCUT2D eigenvalue weighted by Gasteiger charge is -2.14. The molecular formula is C17H18BrNO3S. The van der Waals surface area contributed by atoms with E-state index in [1.165, 1.54) is 11.8 Å². The average Bonchev–Trinajstić information content (AvgIpc) is 2.56. The van der Waals surface area contributed by atoms with Crippen LogP contribution >= 0.6 is 27.7 Å². The van der Waals surface area contributed by atoms with Crippen LogP contribution in [0.2, 0.25) is 0 Å². The molecule has 0 spiro atoms. The summed E-state index contributed by atoms with van der Waals surface area (Å²) in [5.74, 6) is 1.19. The van der Waals surface area contributed by atoms with Crippen LogP contribution in [0.1, 0.15) is 6.92 Å². The normalized spacial score (nSPS) is 11.7. The van der Waals surface area contributed by atoms with Gasteiger partial charge in [0.25, 0.3) is 0 Å². The molecule has 0 saturated carbocycles. The van der Waals surface area contributed by atoms with E-state index >= 15 is 0 Å². The topological polar surface area (TPSA) is 47.6 Å². The van der Waals surface area contributed by atoms with Gasteiger partial charge in [0.15, 0.2) is 0 Å². The van der Waals surface area contributed by atoms with Crippen LogP contribution in [-0.4, -0.2) is 25.4 Å². The largest absolute Gasteiger partial charge is 0.497 e. The maximum atomic E-state index is 12.4. The van der Waals surface area contributed by atoms with Gasteiger partial charge in [-0.2, -0.15) is 0 Å². The molecule has 6 heteroatoms. The molecule has 2 aromatic rings. The first-order chi connectivity index (χ1) is 11.0. The smallest absolute Gasteiger partial charge is 0.237 e. The number of halogens is 1. The van der Waals surface area contributed by atoms with Crippen molar-refractivity contribution >= 4 is 39.3 Å². The van der Waals surface area contributed by atoms with Gasteiger partial charge in [0.05, 0.1) is 19.5 Å². The molecule has 1 atom stereocenters. The fraction of sp³-hybridized carbons (Fsp3) is 0.235. The lowest BCUT2D eigenvalue weighted by Crippen LogP contribution is -2.22. The van der Waals surface area contributed by atoms with E-state index in [0.29, 0.717) is 17.2 Å². The molecule has 2 rings (SSSR count). The second-order valence-corrected chi connectivity index (χ2v) is 7.13. The summed E-state index contributed by atoms with van der Waals surface area (Å²) in [6.07, 6.45) is 0. The summed E-state index contributed by atoms with van der Waals surface area (Å²) in [6, 6.07) is 13.2. The quantitative estimate of drug-likeness (QED) is 0.726. The molecule has 0 aliphatic heterocycles. The average molecular weight is 396 g/mol. The Morgan fingerprint density at radius 2 is 1.65 bits per heavy atom. The highest BCUT2D eigenvalue weighted by molar-refractivity contribution is 9.10. The SMILES string of the molecule is COc1cc(NC(=O)C(C)Sc2ccc(Br)cc2)cc(OC)c1. The van der Waals surface area contributed by atoms with Crippen molar-refractivity contribution in [2.24, 2.45) is 0 Å². The minimum absolute atomic E-state index is 0.0757. The Labute approximate surface area is 148 Å². The zero-order valence-corrected chi connectivity index (χ0v) is 15.5. The van der Waals surface area contributed by atoms with E-state index in [1.807, 2.05) is 31.2 Å². The molecule has 1 unspecified atom stereocenters. The van der Waals surface area contributed by atoms with Crippen LogP contribution in [0.4, 0.5) is 5.69 Å². The Bertz CT molecular complexity index is 654. The molecule has 4 nitrogen and oxygen atoms in total. The molecule has 1 amide bonds. The number of methoxy groups -OCH3 is 2. The number of carbonyl (C=O) groups excluding carboxylic acids is 1. The molecule has 0 aliphatic carbocycles. The first-order valence-electron chi connectivity index (χ1n) is 6.98. The van der Waals surface area contributed by atoms with E-state index in [-0.39, 0.29) is 11.2 Å². The highest BCUT2D eigenvalue weighted by Gasteiger charge is 2.15. The maximum absolute atomic E-state index is 12.4. The lowest BCUT2D eigenvalue weighted by molar-refractivity contribution is -0.115. The first-order valence-corrected chi connectivity index (χ1v) is 8.65. The molecule has 0 saturated heterocycles. The molecule has 0 aromatic heterocycles. The molecule has 2 aromatic carbocycles. The van der Waals surface area contributed by atoms with Gasteiger partial charge in [-0.3, -0.25) is 4.79 Å². The zero-order chi connectivity index (χ0) is 16.8. The summed E-state index contributed by atoms with van der Waals surface area (Å²) in [6.45, 7) is 1.87. The number of anilines is 1. The zero-order valence-electron chi connectivity index (χ0n) is 13.1. The van der Waals surface area contributed by atoms with Crippen LogP contribution in [0.3, 0.4) is 0 Å². The predicted molar refractivity (Wildman–Crippen MR) is 97.6 cm³/mol. The third-order valence-corrected chi connectivity index (χ3v) is 4.76. The van der Waals surface area contributed by atoms with Gasteiger partial charge in [-0.15, -0.1) is 11.8 Å². The van der Waals surface area contributed by atoms with Crippen molar-refractivity contribution in [3.63, 3.8) is 0 Å². The Morgan fingerprint density at radius 1 is 1.09 bits per heavy atom. The molecule has 1 N–H and O–H groups in total. The summed E-state index contributed by atoms with van der Waals surface area (Å²) >= 11 is 4.90. The van der Waals surface area contributed by atoms with Crippen LogP contribution in [0, 0.1) is 0 Å². The third kappa shape index (κ3) is 5.18. The first kappa shape index (κ1) is 17.7. The molecule has 0 heterocycles. The van der Waals surface area contributed by atoms with E-state index in [2.05, 4.69) is 21.2 Å². The van der Waals surface area contributed by atoms with Gasteiger partial charge in [-0.25, -0.2) is 0 Å². The summed E-state index contributed by atoms with van der Waals surface area (Å²) in [5, 5.41) is 2.67. The van der Waals surface area contributed by atoms with Crippen molar-refractivity contribution in [1.82, 2.24) is 0 Å². The number of hydrogen-bond acceptors (Lipinski definition) is 4. The van der Waals surface area contributed by atoms with Gasteiger partial charge in [-0.1, -0.05) is 15.9 Å². The summed E-state index contributed by atoms with van der Waals surface area (Å²) in [4.78, 5) is 13.4. The number of nitrogens with one attached hydrogen (secondary N) is 1. The van der Waals surface area contributed by atoms with Crippen LogP contribution in [-0.2, 0) is 4.79 Å². The molecule has 23 heavy (non-hydrogen) atoms. The van der Waals surface area contributed by atoms with Crippen molar-refractivity contribution in [1.29, 1.82) is 0 Å². The number of rotatable bonds is 6. The maximum Gasteiger partial charge on any atom is 0.237 e. The van der Waals surface area contributed by atoms with Crippen molar-refractivity contribution in [2.45, 2.75) is 17.1 Å². The highest BCUT2D eigenvalue weighted by atomic mass is 79.9. The Kier molecular flexibility index (Phi) is 6.36. The van der Waals surface area contributed by atoms with Gasteiger partial charge < -0.3 is 14.8 Å². The van der Waals surface area contributed by atoms with Crippen LogP contribution in [0.25, 0.3) is 0 Å². The molecule has 0 radical (unpaired) electrons. The molecular weight excluding hydrogens is 378 g/mol. The number of carbonyl (C=O) groups is 1. The summed E-state index contributed by atoms with van der Waals surface area (Å²) < 4.78 is 11.4. The van der Waals surface area contributed by atoms with E-state index in [1.54, 1.807) is 32.4 Å². The standard InChI is InChI=1S/C17H18BrNO3S/c1-11(23-16-6-4-12(18)5-7-16)17(20)19-13-8-14(21-2)10-15(9-13)22-3/h4-11H,1-3H3,(H,19,20). The summed E-state index contributed by atoms with van der Waals surface area (Å²) in [5.41, 5.74) is 0.648. The van der Waals surface area contributed by atoms with Gasteiger partial charge in [0.2, 0.25) is 5.91 Å². The minimum atomic E-state index is -0.228. The number of thioether (sulfide) groups is 1. The number of ether oxygens (including phenoxy) is 2. The van der Waals surface area contributed by atoms with Gasteiger partial charge in [0, 0.05) is 33.3 Å². The van der Waals surface area contributed by atoms with Crippen molar-refractivity contribution in [3.8, 4) is 11.5 Å². The number of hydrogen-bond donors (Lipinski definition) is 1. The molecule has 122 valence electrons. The third-order valence-electron chi connectivity index (χ3n) is 3.11.